The lowest BCUT2D eigenvalue weighted by atomic mass is 9.99. The van der Waals surface area contributed by atoms with Gasteiger partial charge in [0.2, 0.25) is 0 Å². The summed E-state index contributed by atoms with van der Waals surface area (Å²) in [7, 11) is 0. The van der Waals surface area contributed by atoms with Crippen molar-refractivity contribution in [1.82, 2.24) is 19.5 Å². The number of aromatic nitrogens is 4. The molecule has 0 bridgehead atoms. The van der Waals surface area contributed by atoms with Gasteiger partial charge in [-0.15, -0.1) is 0 Å². The molecular weight excluding hydrogens is 492 g/mol. The Hall–Kier alpha value is -5.55. The Labute approximate surface area is 231 Å². The molecule has 0 aliphatic rings. The predicted octanol–water partition coefficient (Wildman–Crippen LogP) is 8.19. The van der Waals surface area contributed by atoms with Crippen LogP contribution in [0, 0.1) is 0 Å². The second-order valence-electron chi connectivity index (χ2n) is 9.55. The molecule has 5 nitrogen and oxygen atoms in total. The summed E-state index contributed by atoms with van der Waals surface area (Å²) in [5.74, 6) is 0.767. The van der Waals surface area contributed by atoms with Crippen LogP contribution in [0.1, 0.15) is 0 Å². The van der Waals surface area contributed by atoms with Crippen LogP contribution in [0.2, 0.25) is 0 Å². The molecule has 0 saturated heterocycles. The summed E-state index contributed by atoms with van der Waals surface area (Å²) in [4.78, 5) is 14.0. The van der Waals surface area contributed by atoms with E-state index in [1.165, 1.54) is 0 Å². The molecule has 5 heteroatoms. The maximum Gasteiger partial charge on any atom is 0.151 e. The molecule has 190 valence electrons. The number of fused-ring (bicyclic) bond motifs is 1. The summed E-state index contributed by atoms with van der Waals surface area (Å²) in [5, 5.41) is 10.7. The Morgan fingerprint density at radius 2 is 1.32 bits per heavy atom. The lowest BCUT2D eigenvalue weighted by molar-refractivity contribution is 0.476. The average Bonchev–Trinajstić information content (AvgIpc) is 3.42. The smallest absolute Gasteiger partial charge is 0.151 e. The SMILES string of the molecule is Oc1ccncc1-c1nc2c(-c3cccc(-c4cc(-c5ccccc5)ccn4)c3)cccc2n1-c1ccccc1. The number of rotatable bonds is 5. The summed E-state index contributed by atoms with van der Waals surface area (Å²) in [6.07, 6.45) is 5.09. The summed E-state index contributed by atoms with van der Waals surface area (Å²) in [6.45, 7) is 0. The van der Waals surface area contributed by atoms with Crippen molar-refractivity contribution in [3.05, 3.63) is 140 Å². The zero-order chi connectivity index (χ0) is 26.9. The van der Waals surface area contributed by atoms with E-state index in [-0.39, 0.29) is 5.75 Å². The number of imidazole rings is 1. The van der Waals surface area contributed by atoms with Gasteiger partial charge in [-0.2, -0.15) is 0 Å². The Bertz CT molecular complexity index is 1960. The second kappa shape index (κ2) is 9.97. The maximum absolute atomic E-state index is 10.7. The summed E-state index contributed by atoms with van der Waals surface area (Å²) in [5.41, 5.74) is 9.56. The van der Waals surface area contributed by atoms with E-state index in [1.54, 1.807) is 18.5 Å². The first-order chi connectivity index (χ1) is 19.8. The number of nitrogens with zero attached hydrogens (tertiary/aromatic N) is 4. The Morgan fingerprint density at radius 3 is 2.15 bits per heavy atom. The van der Waals surface area contributed by atoms with E-state index >= 15 is 0 Å². The first kappa shape index (κ1) is 23.6. The normalized spacial score (nSPS) is 11.1. The minimum absolute atomic E-state index is 0.135. The highest BCUT2D eigenvalue weighted by Gasteiger charge is 2.19. The van der Waals surface area contributed by atoms with E-state index in [1.807, 2.05) is 66.9 Å². The van der Waals surface area contributed by atoms with Crippen LogP contribution >= 0.6 is 0 Å². The third-order valence-electron chi connectivity index (χ3n) is 7.07. The molecule has 3 aromatic heterocycles. The Kier molecular flexibility index (Phi) is 5.87. The van der Waals surface area contributed by atoms with E-state index in [0.717, 1.165) is 50.2 Å². The van der Waals surface area contributed by atoms with Crippen LogP contribution in [0.4, 0.5) is 0 Å². The van der Waals surface area contributed by atoms with Crippen LogP contribution in [0.5, 0.6) is 5.75 Å². The van der Waals surface area contributed by atoms with Gasteiger partial charge in [-0.25, -0.2) is 4.98 Å². The fraction of sp³-hybridized carbons (Fsp3) is 0. The van der Waals surface area contributed by atoms with Gasteiger partial charge in [-0.3, -0.25) is 14.5 Å². The number of para-hydroxylation sites is 2. The highest BCUT2D eigenvalue weighted by atomic mass is 16.3. The van der Waals surface area contributed by atoms with Gasteiger partial charge in [0.05, 0.1) is 22.3 Å². The third-order valence-corrected chi connectivity index (χ3v) is 7.07. The second-order valence-corrected chi connectivity index (χ2v) is 9.55. The van der Waals surface area contributed by atoms with Crippen molar-refractivity contribution in [3.63, 3.8) is 0 Å². The summed E-state index contributed by atoms with van der Waals surface area (Å²) in [6, 6.07) is 40.7. The van der Waals surface area contributed by atoms with Gasteiger partial charge in [0.15, 0.2) is 5.82 Å². The minimum atomic E-state index is 0.135. The molecule has 0 aliphatic heterocycles. The molecule has 3 heterocycles. The average molecular weight is 517 g/mol. The van der Waals surface area contributed by atoms with Crippen molar-refractivity contribution in [1.29, 1.82) is 0 Å². The van der Waals surface area contributed by atoms with Gasteiger partial charge in [0.25, 0.3) is 0 Å². The summed E-state index contributed by atoms with van der Waals surface area (Å²) >= 11 is 0. The van der Waals surface area contributed by atoms with Crippen LogP contribution in [0.25, 0.3) is 61.6 Å². The zero-order valence-electron chi connectivity index (χ0n) is 21.5. The number of benzene rings is 4. The fourth-order valence-corrected chi connectivity index (χ4v) is 5.16. The van der Waals surface area contributed by atoms with E-state index in [4.69, 9.17) is 4.98 Å². The highest BCUT2D eigenvalue weighted by Crippen LogP contribution is 2.37. The van der Waals surface area contributed by atoms with E-state index in [9.17, 15) is 5.11 Å². The third kappa shape index (κ3) is 4.20. The maximum atomic E-state index is 10.7. The lowest BCUT2D eigenvalue weighted by Crippen LogP contribution is -1.97. The van der Waals surface area contributed by atoms with Crippen LogP contribution in [-0.2, 0) is 0 Å². The zero-order valence-corrected chi connectivity index (χ0v) is 21.5. The Balaban J connectivity index is 1.40. The van der Waals surface area contributed by atoms with Crippen LogP contribution in [0.3, 0.4) is 0 Å². The molecule has 0 fully saturated rings. The summed E-state index contributed by atoms with van der Waals surface area (Å²) < 4.78 is 2.07. The molecule has 0 unspecified atom stereocenters. The number of pyridine rings is 2. The van der Waals surface area contributed by atoms with E-state index in [0.29, 0.717) is 11.4 Å². The van der Waals surface area contributed by atoms with Crippen LogP contribution in [-0.4, -0.2) is 24.6 Å². The van der Waals surface area contributed by atoms with Crippen LogP contribution in [0.15, 0.2) is 140 Å². The molecule has 7 rings (SSSR count). The van der Waals surface area contributed by atoms with Gasteiger partial charge in [-0.1, -0.05) is 78.9 Å². The monoisotopic (exact) mass is 516 g/mol. The van der Waals surface area contributed by atoms with Crippen LogP contribution < -0.4 is 0 Å². The molecule has 0 amide bonds. The quantitative estimate of drug-likeness (QED) is 0.250. The van der Waals surface area contributed by atoms with Gasteiger partial charge in [-0.05, 0) is 59.2 Å². The Morgan fingerprint density at radius 1 is 0.575 bits per heavy atom. The fourth-order valence-electron chi connectivity index (χ4n) is 5.16. The molecular formula is C35H24N4O. The molecule has 0 atom stereocenters. The largest absolute Gasteiger partial charge is 0.507 e. The van der Waals surface area contributed by atoms with Gasteiger partial charge in [0, 0.05) is 35.4 Å². The van der Waals surface area contributed by atoms with Gasteiger partial charge in [0.1, 0.15) is 5.75 Å². The topological polar surface area (TPSA) is 63.8 Å². The predicted molar refractivity (Wildman–Crippen MR) is 160 cm³/mol. The lowest BCUT2D eigenvalue weighted by Gasteiger charge is -2.10. The van der Waals surface area contributed by atoms with Crippen molar-refractivity contribution in [2.45, 2.75) is 0 Å². The first-order valence-corrected chi connectivity index (χ1v) is 13.1. The van der Waals surface area contributed by atoms with E-state index in [2.05, 4.69) is 69.1 Å². The molecule has 0 aliphatic carbocycles. The van der Waals surface area contributed by atoms with Gasteiger partial charge >= 0.3 is 0 Å². The first-order valence-electron chi connectivity index (χ1n) is 13.1. The number of aromatic hydroxyl groups is 1. The highest BCUT2D eigenvalue weighted by molar-refractivity contribution is 5.96. The van der Waals surface area contributed by atoms with E-state index < -0.39 is 0 Å². The van der Waals surface area contributed by atoms with Crippen molar-refractivity contribution < 1.29 is 5.11 Å². The van der Waals surface area contributed by atoms with Crippen molar-refractivity contribution in [3.8, 4) is 56.3 Å². The minimum Gasteiger partial charge on any atom is -0.507 e. The molecule has 0 radical (unpaired) electrons. The number of hydrogen-bond donors (Lipinski definition) is 1. The molecule has 0 spiro atoms. The molecule has 1 N–H and O–H groups in total. The number of hydrogen-bond acceptors (Lipinski definition) is 4. The molecule has 0 saturated carbocycles. The molecule has 4 aromatic carbocycles. The van der Waals surface area contributed by atoms with Gasteiger partial charge < -0.3 is 5.11 Å². The molecule has 40 heavy (non-hydrogen) atoms. The van der Waals surface area contributed by atoms with Crippen molar-refractivity contribution >= 4 is 11.0 Å². The standard InChI is InChI=1S/C35H24N4O/c40-33-18-19-36-23-30(33)35-38-34-29(15-8-16-32(34)39(35)28-13-5-2-6-14-28)26-11-7-12-27(21-26)31-22-25(17-20-37-31)24-9-3-1-4-10-24/h1-23H,(H,36,40). The molecule has 7 aromatic rings. The van der Waals surface area contributed by atoms with Crippen molar-refractivity contribution in [2.24, 2.45) is 0 Å². The van der Waals surface area contributed by atoms with Crippen molar-refractivity contribution in [2.75, 3.05) is 0 Å².